The highest BCUT2D eigenvalue weighted by molar-refractivity contribution is 7.96. The molecule has 1 fully saturated rings. The van der Waals surface area contributed by atoms with Crippen molar-refractivity contribution in [2.45, 2.75) is 19.0 Å². The number of ether oxygens (including phenoxy) is 3. The Morgan fingerprint density at radius 3 is 2.56 bits per heavy atom. The molecule has 1 aromatic heterocycles. The average molecular weight is 389 g/mol. The number of hydrogen-bond acceptors (Lipinski definition) is 8. The van der Waals surface area contributed by atoms with E-state index < -0.39 is 5.97 Å². The molecule has 2 heterocycles. The number of aromatic nitrogens is 2. The zero-order chi connectivity index (χ0) is 19.2. The third-order valence-corrected chi connectivity index (χ3v) is 5.06. The highest BCUT2D eigenvalue weighted by Crippen LogP contribution is 2.30. The van der Waals surface area contributed by atoms with Crippen LogP contribution in [0.4, 0.5) is 0 Å². The largest absolute Gasteiger partial charge is 0.497 e. The Morgan fingerprint density at radius 2 is 1.93 bits per heavy atom. The van der Waals surface area contributed by atoms with Gasteiger partial charge in [-0.15, -0.1) is 0 Å². The maximum Gasteiger partial charge on any atom is 0.342 e. The van der Waals surface area contributed by atoms with Gasteiger partial charge in [0.25, 0.3) is 0 Å². The number of esters is 1. The summed E-state index contributed by atoms with van der Waals surface area (Å²) in [6, 6.07) is 7.45. The smallest absolute Gasteiger partial charge is 0.342 e. The number of rotatable bonds is 6. The predicted octanol–water partition coefficient (Wildman–Crippen LogP) is 2.98. The lowest BCUT2D eigenvalue weighted by Gasteiger charge is -2.24. The number of aryl methyl sites for hydroxylation is 1. The standard InChI is InChI=1S/C19H23N3O4S/c1-4-26-18(23)16-13(2)20-19(27-22-9-11-25-12-10-22)21-17(16)14-5-7-15(24-3)8-6-14/h5-8H,4,9-12H2,1-3H3. The van der Waals surface area contributed by atoms with Gasteiger partial charge in [0.1, 0.15) is 11.3 Å². The van der Waals surface area contributed by atoms with Crippen molar-refractivity contribution in [3.05, 3.63) is 35.5 Å². The van der Waals surface area contributed by atoms with E-state index in [0.29, 0.717) is 41.9 Å². The summed E-state index contributed by atoms with van der Waals surface area (Å²) < 4.78 is 18.0. The first-order chi connectivity index (χ1) is 13.1. The molecule has 0 amide bonds. The topological polar surface area (TPSA) is 73.8 Å². The molecular formula is C19H23N3O4S. The number of methoxy groups -OCH3 is 1. The fraction of sp³-hybridized carbons (Fsp3) is 0.421. The molecular weight excluding hydrogens is 366 g/mol. The lowest BCUT2D eigenvalue weighted by Crippen LogP contribution is -2.31. The van der Waals surface area contributed by atoms with Crippen LogP contribution in [0.15, 0.2) is 29.4 Å². The quantitative estimate of drug-likeness (QED) is 0.424. The van der Waals surface area contributed by atoms with E-state index in [9.17, 15) is 4.79 Å². The van der Waals surface area contributed by atoms with Gasteiger partial charge in [-0.05, 0) is 50.1 Å². The van der Waals surface area contributed by atoms with Crippen molar-refractivity contribution in [3.8, 4) is 17.0 Å². The number of morpholine rings is 1. The van der Waals surface area contributed by atoms with E-state index in [1.165, 1.54) is 11.9 Å². The number of benzene rings is 1. The number of carbonyl (C=O) groups is 1. The summed E-state index contributed by atoms with van der Waals surface area (Å²) in [5.41, 5.74) is 2.38. The van der Waals surface area contributed by atoms with E-state index in [1.54, 1.807) is 14.0 Å². The third kappa shape index (κ3) is 4.77. The van der Waals surface area contributed by atoms with Crippen LogP contribution in [0.5, 0.6) is 5.75 Å². The van der Waals surface area contributed by atoms with Crippen molar-refractivity contribution < 1.29 is 19.0 Å². The number of nitrogens with zero attached hydrogens (tertiary/aromatic N) is 3. The van der Waals surface area contributed by atoms with Gasteiger partial charge in [0.15, 0.2) is 0 Å². The van der Waals surface area contributed by atoms with E-state index >= 15 is 0 Å². The molecule has 3 rings (SSSR count). The van der Waals surface area contributed by atoms with Crippen LogP contribution < -0.4 is 4.74 Å². The Labute approximate surface area is 163 Å². The maximum absolute atomic E-state index is 12.5. The minimum absolute atomic E-state index is 0.296. The van der Waals surface area contributed by atoms with Crippen LogP contribution in [0.2, 0.25) is 0 Å². The molecule has 0 atom stereocenters. The van der Waals surface area contributed by atoms with Crippen LogP contribution in [-0.4, -0.2) is 60.3 Å². The van der Waals surface area contributed by atoms with Crippen LogP contribution in [0.1, 0.15) is 23.0 Å². The van der Waals surface area contributed by atoms with Crippen molar-refractivity contribution >= 4 is 17.9 Å². The van der Waals surface area contributed by atoms with E-state index in [0.717, 1.165) is 24.4 Å². The van der Waals surface area contributed by atoms with Crippen molar-refractivity contribution in [1.82, 2.24) is 14.3 Å². The van der Waals surface area contributed by atoms with Gasteiger partial charge in [0.2, 0.25) is 5.16 Å². The Bertz CT molecular complexity index is 792. The normalized spacial score (nSPS) is 14.8. The fourth-order valence-corrected chi connectivity index (χ4v) is 3.62. The molecule has 2 aromatic rings. The van der Waals surface area contributed by atoms with Gasteiger partial charge in [0.05, 0.1) is 38.3 Å². The summed E-state index contributed by atoms with van der Waals surface area (Å²) in [7, 11) is 1.62. The van der Waals surface area contributed by atoms with E-state index in [1.807, 2.05) is 31.2 Å². The first-order valence-electron chi connectivity index (χ1n) is 8.83. The van der Waals surface area contributed by atoms with Crippen molar-refractivity contribution in [1.29, 1.82) is 0 Å². The number of carbonyl (C=O) groups excluding carboxylic acids is 1. The number of hydrogen-bond donors (Lipinski definition) is 0. The monoisotopic (exact) mass is 389 g/mol. The van der Waals surface area contributed by atoms with Crippen molar-refractivity contribution in [2.75, 3.05) is 40.0 Å². The lowest BCUT2D eigenvalue weighted by atomic mass is 10.0. The summed E-state index contributed by atoms with van der Waals surface area (Å²) in [5, 5.41) is 0.605. The fourth-order valence-electron chi connectivity index (χ4n) is 2.75. The maximum atomic E-state index is 12.5. The molecule has 0 bridgehead atoms. The summed E-state index contributed by atoms with van der Waals surface area (Å²) in [6.07, 6.45) is 0. The molecule has 1 aliphatic heterocycles. The average Bonchev–Trinajstić information content (AvgIpc) is 2.68. The Morgan fingerprint density at radius 1 is 1.22 bits per heavy atom. The first kappa shape index (κ1) is 19.6. The molecule has 1 aliphatic rings. The van der Waals surface area contributed by atoms with E-state index in [4.69, 9.17) is 14.2 Å². The highest BCUT2D eigenvalue weighted by atomic mass is 32.2. The zero-order valence-corrected chi connectivity index (χ0v) is 16.5. The second-order valence-corrected chi connectivity index (χ2v) is 6.96. The molecule has 0 aliphatic carbocycles. The lowest BCUT2D eigenvalue weighted by molar-refractivity contribution is 0.0525. The van der Waals surface area contributed by atoms with Gasteiger partial charge in [-0.25, -0.2) is 19.1 Å². The Hall–Kier alpha value is -2.16. The molecule has 0 spiro atoms. The first-order valence-corrected chi connectivity index (χ1v) is 9.60. The van der Waals surface area contributed by atoms with Crippen LogP contribution in [-0.2, 0) is 9.47 Å². The molecule has 0 saturated carbocycles. The molecule has 0 unspecified atom stereocenters. The predicted molar refractivity (Wildman–Crippen MR) is 103 cm³/mol. The van der Waals surface area contributed by atoms with Gasteiger partial charge in [0, 0.05) is 18.7 Å². The molecule has 144 valence electrons. The third-order valence-electron chi connectivity index (χ3n) is 4.09. The molecule has 7 nitrogen and oxygen atoms in total. The van der Waals surface area contributed by atoms with Crippen LogP contribution >= 0.6 is 11.9 Å². The minimum atomic E-state index is -0.413. The second-order valence-electron chi connectivity index (χ2n) is 5.90. The van der Waals surface area contributed by atoms with E-state index in [2.05, 4.69) is 14.3 Å². The molecule has 1 aromatic carbocycles. The van der Waals surface area contributed by atoms with Crippen LogP contribution in [0.25, 0.3) is 11.3 Å². The van der Waals surface area contributed by atoms with Gasteiger partial charge in [-0.3, -0.25) is 0 Å². The van der Waals surface area contributed by atoms with Gasteiger partial charge in [-0.2, -0.15) is 0 Å². The van der Waals surface area contributed by atoms with Crippen LogP contribution in [0, 0.1) is 6.92 Å². The molecule has 0 radical (unpaired) electrons. The molecule has 1 saturated heterocycles. The summed E-state index contributed by atoms with van der Waals surface area (Å²) in [5.74, 6) is 0.328. The Balaban J connectivity index is 2.00. The zero-order valence-electron chi connectivity index (χ0n) is 15.7. The van der Waals surface area contributed by atoms with Gasteiger partial charge in [-0.1, -0.05) is 0 Å². The van der Waals surface area contributed by atoms with Gasteiger partial charge >= 0.3 is 5.97 Å². The Kier molecular flexibility index (Phi) is 6.65. The summed E-state index contributed by atoms with van der Waals surface area (Å²) in [6.45, 7) is 6.89. The second kappa shape index (κ2) is 9.16. The SMILES string of the molecule is CCOC(=O)c1c(C)nc(SN2CCOCC2)nc1-c1ccc(OC)cc1. The van der Waals surface area contributed by atoms with Crippen LogP contribution in [0.3, 0.4) is 0 Å². The summed E-state index contributed by atoms with van der Waals surface area (Å²) in [4.78, 5) is 21.7. The highest BCUT2D eigenvalue weighted by Gasteiger charge is 2.23. The minimum Gasteiger partial charge on any atom is -0.497 e. The molecule has 8 heteroatoms. The van der Waals surface area contributed by atoms with Crippen molar-refractivity contribution in [2.24, 2.45) is 0 Å². The molecule has 27 heavy (non-hydrogen) atoms. The van der Waals surface area contributed by atoms with E-state index in [-0.39, 0.29) is 0 Å². The van der Waals surface area contributed by atoms with Crippen molar-refractivity contribution in [3.63, 3.8) is 0 Å². The van der Waals surface area contributed by atoms with Gasteiger partial charge < -0.3 is 14.2 Å². The molecule has 0 N–H and O–H groups in total. The summed E-state index contributed by atoms with van der Waals surface area (Å²) >= 11 is 1.48.